The lowest BCUT2D eigenvalue weighted by molar-refractivity contribution is -0.135. The van der Waals surface area contributed by atoms with E-state index in [1.807, 2.05) is 27.7 Å². The first-order valence-corrected chi connectivity index (χ1v) is 7.26. The molecule has 0 fully saturated rings. The zero-order valence-corrected chi connectivity index (χ0v) is 14.3. The van der Waals surface area contributed by atoms with Gasteiger partial charge in [0.15, 0.2) is 0 Å². The van der Waals surface area contributed by atoms with Crippen molar-refractivity contribution in [3.8, 4) is 0 Å². The van der Waals surface area contributed by atoms with Gasteiger partial charge in [0.2, 0.25) is 0 Å². The van der Waals surface area contributed by atoms with E-state index < -0.39 is 11.9 Å². The van der Waals surface area contributed by atoms with Crippen LogP contribution in [-0.4, -0.2) is 22.2 Å². The van der Waals surface area contributed by atoms with Gasteiger partial charge >= 0.3 is 0 Å². The van der Waals surface area contributed by atoms with E-state index in [2.05, 4.69) is 48.5 Å². The minimum absolute atomic E-state index is 0.833. The van der Waals surface area contributed by atoms with E-state index in [1.54, 1.807) is 0 Å². The van der Waals surface area contributed by atoms with Crippen LogP contribution in [0.1, 0.15) is 41.5 Å². The molecule has 0 unspecified atom stereocenters. The number of hydrogen-bond acceptors (Lipinski definition) is 2. The summed E-state index contributed by atoms with van der Waals surface area (Å²) in [5, 5.41) is 17.5. The van der Waals surface area contributed by atoms with Gasteiger partial charge in [0, 0.05) is 13.8 Å². The molecule has 0 aliphatic carbocycles. The van der Waals surface area contributed by atoms with Gasteiger partial charge in [-0.15, -0.1) is 0 Å². The van der Waals surface area contributed by atoms with Crippen molar-refractivity contribution in [3.05, 3.63) is 48.5 Å². The molecule has 4 heteroatoms. The SMILES string of the molecule is CC.CC.CC(=O)O.CC(=O)O.c1ccc2ccccc2c1. The first kappa shape index (κ1) is 24.6. The molecule has 0 radical (unpaired) electrons. The van der Waals surface area contributed by atoms with Gasteiger partial charge in [0.05, 0.1) is 0 Å². The van der Waals surface area contributed by atoms with E-state index in [0.717, 1.165) is 13.8 Å². The molecule has 0 spiro atoms. The fourth-order valence-corrected chi connectivity index (χ4v) is 1.13. The molecule has 124 valence electrons. The van der Waals surface area contributed by atoms with Crippen molar-refractivity contribution in [2.75, 3.05) is 0 Å². The summed E-state index contributed by atoms with van der Waals surface area (Å²) < 4.78 is 0. The maximum Gasteiger partial charge on any atom is 0.300 e. The largest absolute Gasteiger partial charge is 0.481 e. The third-order valence-electron chi connectivity index (χ3n) is 1.66. The highest BCUT2D eigenvalue weighted by atomic mass is 16.4. The molecule has 4 nitrogen and oxygen atoms in total. The predicted molar refractivity (Wildman–Crippen MR) is 93.3 cm³/mol. The molecule has 0 amide bonds. The zero-order chi connectivity index (χ0) is 18.0. The summed E-state index contributed by atoms with van der Waals surface area (Å²) in [5.74, 6) is -1.67. The van der Waals surface area contributed by atoms with Crippen LogP contribution in [0, 0.1) is 0 Å². The van der Waals surface area contributed by atoms with Crippen LogP contribution in [0.3, 0.4) is 0 Å². The Labute approximate surface area is 133 Å². The summed E-state index contributed by atoms with van der Waals surface area (Å²) in [5.41, 5.74) is 0. The molecular formula is C18H28O4. The number of benzene rings is 2. The summed E-state index contributed by atoms with van der Waals surface area (Å²) in [6.07, 6.45) is 0. The normalized spacial score (nSPS) is 7.36. The van der Waals surface area contributed by atoms with Crippen molar-refractivity contribution in [2.45, 2.75) is 41.5 Å². The van der Waals surface area contributed by atoms with E-state index in [1.165, 1.54) is 10.8 Å². The molecule has 2 rings (SSSR count). The number of carboxylic acid groups (broad SMARTS) is 2. The van der Waals surface area contributed by atoms with Crippen molar-refractivity contribution in [2.24, 2.45) is 0 Å². The summed E-state index contributed by atoms with van der Waals surface area (Å²) in [7, 11) is 0. The highest BCUT2D eigenvalue weighted by molar-refractivity contribution is 5.82. The van der Waals surface area contributed by atoms with Crippen LogP contribution in [0.2, 0.25) is 0 Å². The number of hydrogen-bond donors (Lipinski definition) is 2. The molecular weight excluding hydrogens is 280 g/mol. The van der Waals surface area contributed by atoms with Crippen LogP contribution >= 0.6 is 0 Å². The molecule has 0 aromatic heterocycles. The molecule has 2 aromatic carbocycles. The molecule has 0 saturated heterocycles. The van der Waals surface area contributed by atoms with Crippen molar-refractivity contribution in [3.63, 3.8) is 0 Å². The summed E-state index contributed by atoms with van der Waals surface area (Å²) in [4.78, 5) is 18.0. The van der Waals surface area contributed by atoms with Gasteiger partial charge in [-0.1, -0.05) is 76.2 Å². The number of carboxylic acids is 2. The Morgan fingerprint density at radius 1 is 0.636 bits per heavy atom. The predicted octanol–water partition coefficient (Wildman–Crippen LogP) is 5.07. The van der Waals surface area contributed by atoms with Crippen molar-refractivity contribution in [1.29, 1.82) is 0 Å². The lowest BCUT2D eigenvalue weighted by Gasteiger charge is -1.92. The Hall–Kier alpha value is -2.36. The minimum atomic E-state index is -0.833. The van der Waals surface area contributed by atoms with Crippen LogP contribution in [0.4, 0.5) is 0 Å². The Morgan fingerprint density at radius 3 is 0.909 bits per heavy atom. The molecule has 0 saturated carbocycles. The molecule has 0 aliphatic rings. The highest BCUT2D eigenvalue weighted by Crippen LogP contribution is 2.11. The van der Waals surface area contributed by atoms with Crippen LogP contribution < -0.4 is 0 Å². The Kier molecular flexibility index (Phi) is 20.9. The second kappa shape index (κ2) is 18.6. The number of rotatable bonds is 0. The standard InChI is InChI=1S/C10H8.2C2H4O2.2C2H6/c1-2-6-10-8-4-3-7-9(10)5-1;2*1-2(3)4;2*1-2/h1-8H;2*1H3,(H,3,4);2*1-2H3. The lowest BCUT2D eigenvalue weighted by atomic mass is 10.1. The van der Waals surface area contributed by atoms with Crippen LogP contribution in [0.25, 0.3) is 10.8 Å². The molecule has 0 aliphatic heterocycles. The number of fused-ring (bicyclic) bond motifs is 1. The Balaban J connectivity index is -0.000000256. The molecule has 0 heterocycles. The highest BCUT2D eigenvalue weighted by Gasteiger charge is 1.85. The van der Waals surface area contributed by atoms with E-state index >= 15 is 0 Å². The van der Waals surface area contributed by atoms with E-state index in [9.17, 15) is 0 Å². The van der Waals surface area contributed by atoms with Gasteiger partial charge in [-0.25, -0.2) is 0 Å². The van der Waals surface area contributed by atoms with Crippen LogP contribution in [0.5, 0.6) is 0 Å². The monoisotopic (exact) mass is 308 g/mol. The fourth-order valence-electron chi connectivity index (χ4n) is 1.13. The molecule has 0 bridgehead atoms. The number of carbonyl (C=O) groups is 2. The van der Waals surface area contributed by atoms with Crippen molar-refractivity contribution in [1.82, 2.24) is 0 Å². The zero-order valence-electron chi connectivity index (χ0n) is 14.3. The second-order valence-corrected chi connectivity index (χ2v) is 3.39. The number of aliphatic carboxylic acids is 2. The Bertz CT molecular complexity index is 422. The Morgan fingerprint density at radius 2 is 0.773 bits per heavy atom. The average molecular weight is 308 g/mol. The first-order valence-electron chi connectivity index (χ1n) is 7.26. The first-order chi connectivity index (χ1) is 10.4. The van der Waals surface area contributed by atoms with Crippen molar-refractivity contribution < 1.29 is 19.8 Å². The van der Waals surface area contributed by atoms with Gasteiger partial charge in [-0.2, -0.15) is 0 Å². The quantitative estimate of drug-likeness (QED) is 0.712. The van der Waals surface area contributed by atoms with E-state index in [-0.39, 0.29) is 0 Å². The molecule has 2 aromatic rings. The van der Waals surface area contributed by atoms with Gasteiger partial charge < -0.3 is 10.2 Å². The van der Waals surface area contributed by atoms with Crippen molar-refractivity contribution >= 4 is 22.7 Å². The topological polar surface area (TPSA) is 74.6 Å². The summed E-state index contributed by atoms with van der Waals surface area (Å²) in [6, 6.07) is 16.7. The van der Waals surface area contributed by atoms with Gasteiger partial charge in [0.1, 0.15) is 0 Å². The average Bonchev–Trinajstić information content (AvgIpc) is 2.50. The lowest BCUT2D eigenvalue weighted by Crippen LogP contribution is -1.78. The maximum atomic E-state index is 9.00. The third kappa shape index (κ3) is 20.0. The summed E-state index contributed by atoms with van der Waals surface area (Å²) in [6.45, 7) is 10.2. The van der Waals surface area contributed by atoms with Crippen LogP contribution in [0.15, 0.2) is 48.5 Å². The third-order valence-corrected chi connectivity index (χ3v) is 1.66. The molecule has 0 atom stereocenters. The van der Waals surface area contributed by atoms with Gasteiger partial charge in [-0.3, -0.25) is 9.59 Å². The summed E-state index contributed by atoms with van der Waals surface area (Å²) >= 11 is 0. The second-order valence-electron chi connectivity index (χ2n) is 3.39. The molecule has 2 N–H and O–H groups in total. The van der Waals surface area contributed by atoms with Gasteiger partial charge in [-0.05, 0) is 10.8 Å². The van der Waals surface area contributed by atoms with Gasteiger partial charge in [0.25, 0.3) is 11.9 Å². The van der Waals surface area contributed by atoms with Crippen LogP contribution in [-0.2, 0) is 9.59 Å². The molecule has 22 heavy (non-hydrogen) atoms. The fraction of sp³-hybridized carbons (Fsp3) is 0.333. The van der Waals surface area contributed by atoms with E-state index in [0.29, 0.717) is 0 Å². The maximum absolute atomic E-state index is 9.00. The van der Waals surface area contributed by atoms with E-state index in [4.69, 9.17) is 19.8 Å². The smallest absolute Gasteiger partial charge is 0.300 e. The minimum Gasteiger partial charge on any atom is -0.481 e.